The Morgan fingerprint density at radius 3 is 2.13 bits per heavy atom. The van der Waals surface area contributed by atoms with Crippen LogP contribution in [0.1, 0.15) is 6.92 Å². The first-order valence-electron chi connectivity index (χ1n) is 4.26. The molecule has 0 heterocycles. The predicted octanol–water partition coefficient (Wildman–Crippen LogP) is 3.23. The Morgan fingerprint density at radius 2 is 1.67 bits per heavy atom. The molecule has 0 spiro atoms. The summed E-state index contributed by atoms with van der Waals surface area (Å²) in [5, 5.41) is 2.25. The maximum atomic E-state index is 13.0. The smallest absolute Gasteiger partial charge is 0.185 e. The van der Waals surface area contributed by atoms with E-state index in [1.807, 2.05) is 0 Å². The van der Waals surface area contributed by atoms with Crippen molar-refractivity contribution in [1.29, 1.82) is 0 Å². The minimum atomic E-state index is -1.42. The van der Waals surface area contributed by atoms with Crippen molar-refractivity contribution in [2.75, 3.05) is 11.9 Å². The molecule has 15 heavy (non-hydrogen) atoms. The first-order chi connectivity index (χ1) is 7.07. The van der Waals surface area contributed by atoms with E-state index in [1.165, 1.54) is 0 Å². The van der Waals surface area contributed by atoms with Gasteiger partial charge in [-0.15, -0.1) is 0 Å². The summed E-state index contributed by atoms with van der Waals surface area (Å²) in [5.74, 6) is -5.68. The van der Waals surface area contributed by atoms with Crippen LogP contribution >= 0.6 is 0 Å². The third-order valence-electron chi connectivity index (χ3n) is 1.74. The molecule has 0 fully saturated rings. The van der Waals surface area contributed by atoms with Gasteiger partial charge in [-0.1, -0.05) is 12.2 Å². The molecule has 0 saturated heterocycles. The quantitative estimate of drug-likeness (QED) is 0.467. The van der Waals surface area contributed by atoms with E-state index in [4.69, 9.17) is 0 Å². The minimum Gasteiger partial charge on any atom is -0.377 e. The molecule has 1 rings (SSSR count). The summed E-state index contributed by atoms with van der Waals surface area (Å²) in [6.07, 6.45) is 3.19. The summed E-state index contributed by atoms with van der Waals surface area (Å²) in [4.78, 5) is 0. The average molecular weight is 219 g/mol. The third-order valence-corrected chi connectivity index (χ3v) is 1.74. The third kappa shape index (κ3) is 2.49. The van der Waals surface area contributed by atoms with Gasteiger partial charge in [0.25, 0.3) is 0 Å². The second-order valence-corrected chi connectivity index (χ2v) is 2.79. The molecule has 0 atom stereocenters. The molecule has 0 amide bonds. The zero-order chi connectivity index (χ0) is 11.4. The van der Waals surface area contributed by atoms with Gasteiger partial charge in [-0.2, -0.15) is 0 Å². The number of halogens is 4. The second kappa shape index (κ2) is 4.82. The van der Waals surface area contributed by atoms with Crippen LogP contribution < -0.4 is 5.32 Å². The highest BCUT2D eigenvalue weighted by atomic mass is 19.2. The normalized spacial score (nSPS) is 11.0. The SMILES string of the molecule is C/C=C/CNc1c(F)c(F)cc(F)c1F. The number of anilines is 1. The number of nitrogens with one attached hydrogen (secondary N) is 1. The predicted molar refractivity (Wildman–Crippen MR) is 49.6 cm³/mol. The van der Waals surface area contributed by atoms with Gasteiger partial charge in [-0.3, -0.25) is 0 Å². The highest BCUT2D eigenvalue weighted by Gasteiger charge is 2.18. The van der Waals surface area contributed by atoms with Crippen molar-refractivity contribution in [2.45, 2.75) is 6.92 Å². The van der Waals surface area contributed by atoms with Crippen LogP contribution in [-0.2, 0) is 0 Å². The van der Waals surface area contributed by atoms with Gasteiger partial charge in [0, 0.05) is 12.6 Å². The fourth-order valence-corrected chi connectivity index (χ4v) is 1.01. The van der Waals surface area contributed by atoms with Crippen LogP contribution in [0.25, 0.3) is 0 Å². The van der Waals surface area contributed by atoms with Crippen molar-refractivity contribution >= 4 is 5.69 Å². The minimum absolute atomic E-state index is 0.0905. The van der Waals surface area contributed by atoms with Gasteiger partial charge in [0.1, 0.15) is 5.69 Å². The Balaban J connectivity index is 3.04. The molecular weight excluding hydrogens is 210 g/mol. The molecule has 0 aliphatic rings. The topological polar surface area (TPSA) is 12.0 Å². The van der Waals surface area contributed by atoms with E-state index in [2.05, 4.69) is 5.32 Å². The highest BCUT2D eigenvalue weighted by molar-refractivity contribution is 5.47. The van der Waals surface area contributed by atoms with Gasteiger partial charge in [-0.25, -0.2) is 17.6 Å². The van der Waals surface area contributed by atoms with Gasteiger partial charge in [0.05, 0.1) is 0 Å². The van der Waals surface area contributed by atoms with Crippen LogP contribution in [0.2, 0.25) is 0 Å². The van der Waals surface area contributed by atoms with Crippen LogP contribution in [0, 0.1) is 23.3 Å². The molecule has 1 aromatic rings. The largest absolute Gasteiger partial charge is 0.377 e. The molecule has 1 nitrogen and oxygen atoms in total. The van der Waals surface area contributed by atoms with E-state index in [1.54, 1.807) is 19.1 Å². The van der Waals surface area contributed by atoms with Gasteiger partial charge >= 0.3 is 0 Å². The molecule has 0 radical (unpaired) electrons. The van der Waals surface area contributed by atoms with Gasteiger partial charge in [0.15, 0.2) is 23.3 Å². The zero-order valence-electron chi connectivity index (χ0n) is 7.95. The van der Waals surface area contributed by atoms with E-state index in [-0.39, 0.29) is 12.6 Å². The van der Waals surface area contributed by atoms with Gasteiger partial charge < -0.3 is 5.32 Å². The zero-order valence-corrected chi connectivity index (χ0v) is 7.95. The molecule has 0 unspecified atom stereocenters. The van der Waals surface area contributed by atoms with Crippen molar-refractivity contribution in [3.8, 4) is 0 Å². The van der Waals surface area contributed by atoms with E-state index in [9.17, 15) is 17.6 Å². The van der Waals surface area contributed by atoms with Crippen LogP contribution in [0.15, 0.2) is 18.2 Å². The number of hydrogen-bond donors (Lipinski definition) is 1. The lowest BCUT2D eigenvalue weighted by molar-refractivity contribution is 0.458. The Kier molecular flexibility index (Phi) is 3.71. The Morgan fingerprint density at radius 1 is 1.13 bits per heavy atom. The summed E-state index contributed by atoms with van der Waals surface area (Å²) >= 11 is 0. The van der Waals surface area contributed by atoms with Crippen molar-refractivity contribution in [1.82, 2.24) is 0 Å². The lowest BCUT2D eigenvalue weighted by atomic mass is 10.2. The first-order valence-corrected chi connectivity index (χ1v) is 4.26. The first kappa shape index (κ1) is 11.6. The van der Waals surface area contributed by atoms with Crippen LogP contribution in [0.5, 0.6) is 0 Å². The van der Waals surface area contributed by atoms with E-state index < -0.39 is 29.0 Å². The van der Waals surface area contributed by atoms with Crippen molar-refractivity contribution in [2.24, 2.45) is 0 Å². The molecule has 5 heteroatoms. The van der Waals surface area contributed by atoms with E-state index in [0.29, 0.717) is 0 Å². The monoisotopic (exact) mass is 219 g/mol. The summed E-state index contributed by atoms with van der Waals surface area (Å²) in [6.45, 7) is 1.80. The number of rotatable bonds is 3. The van der Waals surface area contributed by atoms with Crippen molar-refractivity contribution in [3.63, 3.8) is 0 Å². The molecule has 0 bridgehead atoms. The summed E-state index contributed by atoms with van der Waals surface area (Å²) in [7, 11) is 0. The Labute approximate surface area is 84.4 Å². The number of hydrogen-bond acceptors (Lipinski definition) is 1. The maximum absolute atomic E-state index is 13.0. The lowest BCUT2D eigenvalue weighted by Gasteiger charge is -2.07. The molecule has 0 aliphatic carbocycles. The average Bonchev–Trinajstić information content (AvgIpc) is 2.20. The molecule has 1 aromatic carbocycles. The molecule has 0 aromatic heterocycles. The van der Waals surface area contributed by atoms with Crippen LogP contribution in [-0.4, -0.2) is 6.54 Å². The van der Waals surface area contributed by atoms with Crippen LogP contribution in [0.3, 0.4) is 0 Å². The second-order valence-electron chi connectivity index (χ2n) is 2.79. The van der Waals surface area contributed by atoms with Gasteiger partial charge in [0.2, 0.25) is 0 Å². The molecule has 1 N–H and O–H groups in total. The summed E-state index contributed by atoms with van der Waals surface area (Å²) in [6, 6.07) is 0.172. The van der Waals surface area contributed by atoms with E-state index in [0.717, 1.165) is 0 Å². The maximum Gasteiger partial charge on any atom is 0.185 e. The van der Waals surface area contributed by atoms with Gasteiger partial charge in [-0.05, 0) is 6.92 Å². The molecule has 82 valence electrons. The molecular formula is C10H9F4N. The number of benzene rings is 1. The summed E-state index contributed by atoms with van der Waals surface area (Å²) < 4.78 is 51.4. The highest BCUT2D eigenvalue weighted by Crippen LogP contribution is 2.23. The Bertz CT molecular complexity index is 361. The number of allylic oxidation sites excluding steroid dienone is 1. The fourth-order valence-electron chi connectivity index (χ4n) is 1.01. The van der Waals surface area contributed by atoms with Crippen molar-refractivity contribution < 1.29 is 17.6 Å². The lowest BCUT2D eigenvalue weighted by Crippen LogP contribution is -2.06. The molecule has 0 saturated carbocycles. The summed E-state index contributed by atoms with van der Waals surface area (Å²) in [5.41, 5.74) is -0.786. The molecule has 0 aliphatic heterocycles. The fraction of sp³-hybridized carbons (Fsp3) is 0.200. The van der Waals surface area contributed by atoms with Crippen LogP contribution in [0.4, 0.5) is 23.2 Å². The van der Waals surface area contributed by atoms with Crippen molar-refractivity contribution in [3.05, 3.63) is 41.5 Å². The standard InChI is InChI=1S/C10H9F4N/c1-2-3-4-15-10-8(13)6(11)5-7(12)9(10)14/h2-3,5,15H,4H2,1H3/b3-2+. The Hall–Kier alpha value is -1.52. The van der Waals surface area contributed by atoms with E-state index >= 15 is 0 Å².